The first kappa shape index (κ1) is 14.0. The SMILES string of the molecule is CC[C@H](CO)NC1CCCC1CCC(C)C. The molecule has 1 aliphatic carbocycles. The van der Waals surface area contributed by atoms with Crippen molar-refractivity contribution in [3.8, 4) is 0 Å². The zero-order valence-electron chi connectivity index (χ0n) is 11.2. The van der Waals surface area contributed by atoms with Crippen LogP contribution in [0.5, 0.6) is 0 Å². The van der Waals surface area contributed by atoms with Crippen LogP contribution in [0.1, 0.15) is 59.3 Å². The Labute approximate surface area is 101 Å². The Morgan fingerprint density at radius 3 is 2.62 bits per heavy atom. The third-order valence-corrected chi connectivity index (χ3v) is 3.94. The van der Waals surface area contributed by atoms with E-state index in [1.807, 2.05) is 0 Å². The first-order valence-corrected chi connectivity index (χ1v) is 7.04. The molecule has 1 aliphatic rings. The summed E-state index contributed by atoms with van der Waals surface area (Å²) < 4.78 is 0. The summed E-state index contributed by atoms with van der Waals surface area (Å²) in [6.07, 6.45) is 7.79. The van der Waals surface area contributed by atoms with E-state index in [9.17, 15) is 5.11 Å². The van der Waals surface area contributed by atoms with Crippen molar-refractivity contribution in [3.63, 3.8) is 0 Å². The molecule has 16 heavy (non-hydrogen) atoms. The van der Waals surface area contributed by atoms with Crippen molar-refractivity contribution in [2.45, 2.75) is 71.4 Å². The van der Waals surface area contributed by atoms with Gasteiger partial charge in [0.2, 0.25) is 0 Å². The minimum atomic E-state index is 0.282. The highest BCUT2D eigenvalue weighted by atomic mass is 16.3. The van der Waals surface area contributed by atoms with Gasteiger partial charge in [-0.1, -0.05) is 33.6 Å². The lowest BCUT2D eigenvalue weighted by Crippen LogP contribution is -2.42. The van der Waals surface area contributed by atoms with Gasteiger partial charge < -0.3 is 10.4 Å². The number of hydrogen-bond donors (Lipinski definition) is 2. The normalized spacial score (nSPS) is 27.6. The maximum atomic E-state index is 9.23. The van der Waals surface area contributed by atoms with Crippen LogP contribution >= 0.6 is 0 Å². The first-order chi connectivity index (χ1) is 7.67. The van der Waals surface area contributed by atoms with E-state index in [1.165, 1.54) is 32.1 Å². The maximum absolute atomic E-state index is 9.23. The largest absolute Gasteiger partial charge is 0.395 e. The predicted octanol–water partition coefficient (Wildman–Crippen LogP) is 2.95. The van der Waals surface area contributed by atoms with Crippen LogP contribution in [-0.2, 0) is 0 Å². The fourth-order valence-electron chi connectivity index (χ4n) is 2.75. The third-order valence-electron chi connectivity index (χ3n) is 3.94. The van der Waals surface area contributed by atoms with Crippen LogP contribution in [0.15, 0.2) is 0 Å². The molecule has 2 nitrogen and oxygen atoms in total. The van der Waals surface area contributed by atoms with Gasteiger partial charge in [-0.3, -0.25) is 0 Å². The van der Waals surface area contributed by atoms with E-state index >= 15 is 0 Å². The van der Waals surface area contributed by atoms with Gasteiger partial charge in [-0.05, 0) is 37.5 Å². The summed E-state index contributed by atoms with van der Waals surface area (Å²) in [6, 6.07) is 0.973. The number of hydrogen-bond acceptors (Lipinski definition) is 2. The summed E-state index contributed by atoms with van der Waals surface area (Å²) in [7, 11) is 0. The molecule has 0 aromatic rings. The standard InChI is InChI=1S/C14H29NO/c1-4-13(10-16)15-14-7-5-6-12(14)9-8-11(2)3/h11-16H,4-10H2,1-3H3/t12?,13-,14?/m1/s1. The van der Waals surface area contributed by atoms with Gasteiger partial charge in [0.05, 0.1) is 6.61 Å². The van der Waals surface area contributed by atoms with Crippen LogP contribution in [0.2, 0.25) is 0 Å². The Balaban J connectivity index is 2.33. The van der Waals surface area contributed by atoms with E-state index < -0.39 is 0 Å². The molecule has 0 radical (unpaired) electrons. The van der Waals surface area contributed by atoms with Crippen molar-refractivity contribution in [1.29, 1.82) is 0 Å². The smallest absolute Gasteiger partial charge is 0.0584 e. The lowest BCUT2D eigenvalue weighted by atomic mass is 9.93. The molecular weight excluding hydrogens is 198 g/mol. The average molecular weight is 227 g/mol. The summed E-state index contributed by atoms with van der Waals surface area (Å²) in [4.78, 5) is 0. The number of aliphatic hydroxyl groups is 1. The van der Waals surface area contributed by atoms with Gasteiger partial charge in [0.25, 0.3) is 0 Å². The topological polar surface area (TPSA) is 32.3 Å². The number of nitrogens with one attached hydrogen (secondary N) is 1. The summed E-state index contributed by atoms with van der Waals surface area (Å²) in [5.41, 5.74) is 0. The van der Waals surface area contributed by atoms with E-state index in [4.69, 9.17) is 0 Å². The highest BCUT2D eigenvalue weighted by molar-refractivity contribution is 4.85. The van der Waals surface area contributed by atoms with E-state index in [0.29, 0.717) is 12.1 Å². The van der Waals surface area contributed by atoms with E-state index in [-0.39, 0.29) is 6.61 Å². The molecule has 1 rings (SSSR count). The Bertz CT molecular complexity index is 178. The molecule has 3 atom stereocenters. The fourth-order valence-corrected chi connectivity index (χ4v) is 2.75. The molecule has 0 spiro atoms. The van der Waals surface area contributed by atoms with Gasteiger partial charge >= 0.3 is 0 Å². The lowest BCUT2D eigenvalue weighted by molar-refractivity contribution is 0.213. The van der Waals surface area contributed by atoms with E-state index in [2.05, 4.69) is 26.1 Å². The van der Waals surface area contributed by atoms with Crippen LogP contribution in [0.3, 0.4) is 0 Å². The van der Waals surface area contributed by atoms with Crippen LogP contribution in [0, 0.1) is 11.8 Å². The van der Waals surface area contributed by atoms with E-state index in [1.54, 1.807) is 0 Å². The quantitative estimate of drug-likeness (QED) is 0.701. The highest BCUT2D eigenvalue weighted by Gasteiger charge is 2.28. The Morgan fingerprint density at radius 1 is 1.31 bits per heavy atom. The second kappa shape index (κ2) is 7.29. The molecule has 1 saturated carbocycles. The van der Waals surface area contributed by atoms with Crippen molar-refractivity contribution in [3.05, 3.63) is 0 Å². The Hall–Kier alpha value is -0.0800. The third kappa shape index (κ3) is 4.42. The summed E-state index contributed by atoms with van der Waals surface area (Å²) in [5.74, 6) is 1.67. The molecule has 0 saturated heterocycles. The fraction of sp³-hybridized carbons (Fsp3) is 1.00. The highest BCUT2D eigenvalue weighted by Crippen LogP contribution is 2.30. The Morgan fingerprint density at radius 2 is 2.06 bits per heavy atom. The van der Waals surface area contributed by atoms with Gasteiger partial charge in [-0.2, -0.15) is 0 Å². The van der Waals surface area contributed by atoms with Crippen molar-refractivity contribution in [2.24, 2.45) is 11.8 Å². The van der Waals surface area contributed by atoms with Gasteiger partial charge in [0.1, 0.15) is 0 Å². The van der Waals surface area contributed by atoms with Crippen molar-refractivity contribution in [1.82, 2.24) is 5.32 Å². The average Bonchev–Trinajstić information content (AvgIpc) is 2.70. The molecule has 2 unspecified atom stereocenters. The summed E-state index contributed by atoms with van der Waals surface area (Å²) >= 11 is 0. The minimum absolute atomic E-state index is 0.282. The molecule has 0 aliphatic heterocycles. The van der Waals surface area contributed by atoms with Gasteiger partial charge in [-0.15, -0.1) is 0 Å². The molecule has 2 heteroatoms. The zero-order valence-corrected chi connectivity index (χ0v) is 11.2. The van der Waals surface area contributed by atoms with Gasteiger partial charge in [-0.25, -0.2) is 0 Å². The predicted molar refractivity (Wildman–Crippen MR) is 69.5 cm³/mol. The summed E-state index contributed by atoms with van der Waals surface area (Å²) in [5, 5.41) is 12.9. The molecule has 0 bridgehead atoms. The van der Waals surface area contributed by atoms with Crippen molar-refractivity contribution in [2.75, 3.05) is 6.61 Å². The number of aliphatic hydroxyl groups excluding tert-OH is 1. The van der Waals surface area contributed by atoms with Gasteiger partial charge in [0, 0.05) is 12.1 Å². The second-order valence-corrected chi connectivity index (χ2v) is 5.72. The maximum Gasteiger partial charge on any atom is 0.0584 e. The molecule has 0 aromatic heterocycles. The van der Waals surface area contributed by atoms with Crippen molar-refractivity contribution >= 4 is 0 Å². The molecule has 0 aromatic carbocycles. The van der Waals surface area contributed by atoms with E-state index in [0.717, 1.165) is 18.3 Å². The zero-order chi connectivity index (χ0) is 12.0. The number of rotatable bonds is 7. The van der Waals surface area contributed by atoms with Crippen LogP contribution < -0.4 is 5.32 Å². The van der Waals surface area contributed by atoms with Crippen molar-refractivity contribution < 1.29 is 5.11 Å². The molecule has 1 fully saturated rings. The monoisotopic (exact) mass is 227 g/mol. The second-order valence-electron chi connectivity index (χ2n) is 5.72. The van der Waals surface area contributed by atoms with Gasteiger partial charge in [0.15, 0.2) is 0 Å². The van der Waals surface area contributed by atoms with Crippen LogP contribution in [0.25, 0.3) is 0 Å². The molecule has 0 amide bonds. The minimum Gasteiger partial charge on any atom is -0.395 e. The van der Waals surface area contributed by atoms with Crippen LogP contribution in [0.4, 0.5) is 0 Å². The first-order valence-electron chi connectivity index (χ1n) is 7.04. The summed E-state index contributed by atoms with van der Waals surface area (Å²) in [6.45, 7) is 7.04. The lowest BCUT2D eigenvalue weighted by Gasteiger charge is -2.26. The molecule has 2 N–H and O–H groups in total. The molecule has 0 heterocycles. The van der Waals surface area contributed by atoms with Crippen LogP contribution in [-0.4, -0.2) is 23.8 Å². The molecular formula is C14H29NO. The Kier molecular flexibility index (Phi) is 6.37. The molecule has 96 valence electrons.